The number of anilines is 1. The molecule has 0 radical (unpaired) electrons. The summed E-state index contributed by atoms with van der Waals surface area (Å²) in [6.07, 6.45) is 5.01. The summed E-state index contributed by atoms with van der Waals surface area (Å²) in [5.74, 6) is -0.00174. The van der Waals surface area contributed by atoms with Crippen molar-refractivity contribution in [3.05, 3.63) is 29.8 Å². The largest absolute Gasteiger partial charge is 0.399 e. The van der Waals surface area contributed by atoms with E-state index in [1.165, 1.54) is 25.7 Å². The zero-order valence-corrected chi connectivity index (χ0v) is 10.3. The fourth-order valence-electron chi connectivity index (χ4n) is 2.44. The van der Waals surface area contributed by atoms with E-state index in [-0.39, 0.29) is 5.91 Å². The Morgan fingerprint density at radius 2 is 1.88 bits per heavy atom. The quantitative estimate of drug-likeness (QED) is 0.787. The first-order chi connectivity index (χ1) is 8.09. The van der Waals surface area contributed by atoms with Crippen LogP contribution in [0.2, 0.25) is 0 Å². The first kappa shape index (κ1) is 12.0. The number of amides is 1. The smallest absolute Gasteiger partial charge is 0.251 e. The molecule has 1 fully saturated rings. The van der Waals surface area contributed by atoms with Crippen molar-refractivity contribution in [3.8, 4) is 0 Å². The van der Waals surface area contributed by atoms with Crippen LogP contribution in [-0.4, -0.2) is 12.5 Å². The van der Waals surface area contributed by atoms with E-state index in [0.29, 0.717) is 16.7 Å². The molecule has 0 aromatic heterocycles. The highest BCUT2D eigenvalue weighted by Gasteiger charge is 2.28. The summed E-state index contributed by atoms with van der Waals surface area (Å²) < 4.78 is 0. The van der Waals surface area contributed by atoms with Crippen molar-refractivity contribution in [1.29, 1.82) is 0 Å². The number of hydrogen-bond acceptors (Lipinski definition) is 2. The molecule has 0 aliphatic heterocycles. The van der Waals surface area contributed by atoms with Crippen molar-refractivity contribution in [2.75, 3.05) is 12.3 Å². The molecule has 0 unspecified atom stereocenters. The molecule has 92 valence electrons. The SMILES string of the molecule is CC1(CNC(=O)c2ccc(N)cc2)CCCC1. The molecule has 1 saturated carbocycles. The lowest BCUT2D eigenvalue weighted by atomic mass is 9.89. The summed E-state index contributed by atoms with van der Waals surface area (Å²) in [5, 5.41) is 3.02. The Kier molecular flexibility index (Phi) is 3.36. The molecule has 3 heteroatoms. The monoisotopic (exact) mass is 232 g/mol. The van der Waals surface area contributed by atoms with Crippen molar-refractivity contribution in [1.82, 2.24) is 5.32 Å². The maximum Gasteiger partial charge on any atom is 0.251 e. The van der Waals surface area contributed by atoms with Crippen molar-refractivity contribution in [3.63, 3.8) is 0 Å². The highest BCUT2D eigenvalue weighted by Crippen LogP contribution is 2.36. The molecule has 3 N–H and O–H groups in total. The summed E-state index contributed by atoms with van der Waals surface area (Å²) in [7, 11) is 0. The van der Waals surface area contributed by atoms with Gasteiger partial charge >= 0.3 is 0 Å². The predicted octanol–water partition coefficient (Wildman–Crippen LogP) is 2.58. The number of nitrogens with two attached hydrogens (primary N) is 1. The lowest BCUT2D eigenvalue weighted by molar-refractivity contribution is 0.0934. The minimum absolute atomic E-state index is 0.00174. The molecule has 0 heterocycles. The standard InChI is InChI=1S/C14H20N2O/c1-14(8-2-3-9-14)10-16-13(17)11-4-6-12(15)7-5-11/h4-7H,2-3,8-10,15H2,1H3,(H,16,17). The van der Waals surface area contributed by atoms with E-state index in [1.807, 2.05) is 0 Å². The molecule has 1 amide bonds. The van der Waals surface area contributed by atoms with Crippen LogP contribution in [-0.2, 0) is 0 Å². The van der Waals surface area contributed by atoms with E-state index in [1.54, 1.807) is 24.3 Å². The van der Waals surface area contributed by atoms with Crippen LogP contribution in [0.3, 0.4) is 0 Å². The van der Waals surface area contributed by atoms with Gasteiger partial charge in [0.15, 0.2) is 0 Å². The van der Waals surface area contributed by atoms with Crippen LogP contribution in [0, 0.1) is 5.41 Å². The van der Waals surface area contributed by atoms with E-state index in [0.717, 1.165) is 6.54 Å². The number of rotatable bonds is 3. The molecular weight excluding hydrogens is 212 g/mol. The van der Waals surface area contributed by atoms with Crippen LogP contribution in [0.5, 0.6) is 0 Å². The van der Waals surface area contributed by atoms with Crippen molar-refractivity contribution < 1.29 is 4.79 Å². The first-order valence-corrected chi connectivity index (χ1v) is 6.23. The fourth-order valence-corrected chi connectivity index (χ4v) is 2.44. The van der Waals surface area contributed by atoms with Crippen LogP contribution < -0.4 is 11.1 Å². The van der Waals surface area contributed by atoms with Gasteiger partial charge in [-0.15, -0.1) is 0 Å². The Hall–Kier alpha value is -1.51. The Labute approximate surface area is 102 Å². The minimum Gasteiger partial charge on any atom is -0.399 e. The van der Waals surface area contributed by atoms with Crippen molar-refractivity contribution >= 4 is 11.6 Å². The van der Waals surface area contributed by atoms with Gasteiger partial charge in [-0.3, -0.25) is 4.79 Å². The molecule has 1 aliphatic carbocycles. The number of nitrogens with one attached hydrogen (secondary N) is 1. The van der Waals surface area contributed by atoms with E-state index >= 15 is 0 Å². The third-order valence-corrected chi connectivity index (χ3v) is 3.66. The molecule has 0 spiro atoms. The first-order valence-electron chi connectivity index (χ1n) is 6.23. The van der Waals surface area contributed by atoms with Crippen LogP contribution in [0.1, 0.15) is 43.0 Å². The van der Waals surface area contributed by atoms with Crippen LogP contribution in [0.25, 0.3) is 0 Å². The summed E-state index contributed by atoms with van der Waals surface area (Å²) in [6.45, 7) is 3.03. The molecule has 1 aromatic carbocycles. The molecule has 2 rings (SSSR count). The number of nitrogen functional groups attached to an aromatic ring is 1. The number of carbonyl (C=O) groups excluding carboxylic acids is 1. The Bertz CT molecular complexity index is 391. The zero-order valence-electron chi connectivity index (χ0n) is 10.3. The topological polar surface area (TPSA) is 55.1 Å². The highest BCUT2D eigenvalue weighted by atomic mass is 16.1. The second kappa shape index (κ2) is 4.78. The second-order valence-electron chi connectivity index (χ2n) is 5.32. The van der Waals surface area contributed by atoms with Crippen LogP contribution in [0.15, 0.2) is 24.3 Å². The van der Waals surface area contributed by atoms with Crippen LogP contribution in [0.4, 0.5) is 5.69 Å². The molecule has 1 aromatic rings. The van der Waals surface area contributed by atoms with Gasteiger partial charge < -0.3 is 11.1 Å². The minimum atomic E-state index is -0.00174. The summed E-state index contributed by atoms with van der Waals surface area (Å²) in [6, 6.07) is 7.04. The zero-order chi connectivity index (χ0) is 12.3. The number of carbonyl (C=O) groups is 1. The van der Waals surface area contributed by atoms with E-state index in [2.05, 4.69) is 12.2 Å². The Morgan fingerprint density at radius 3 is 2.47 bits per heavy atom. The lowest BCUT2D eigenvalue weighted by Crippen LogP contribution is -2.34. The van der Waals surface area contributed by atoms with Gasteiger partial charge in [0, 0.05) is 17.8 Å². The van der Waals surface area contributed by atoms with Crippen LogP contribution >= 0.6 is 0 Å². The normalized spacial score (nSPS) is 17.9. The Morgan fingerprint density at radius 1 is 1.29 bits per heavy atom. The van der Waals surface area contributed by atoms with Gasteiger partial charge in [-0.05, 0) is 42.5 Å². The van der Waals surface area contributed by atoms with Gasteiger partial charge in [-0.25, -0.2) is 0 Å². The predicted molar refractivity (Wildman–Crippen MR) is 69.8 cm³/mol. The highest BCUT2D eigenvalue weighted by molar-refractivity contribution is 5.94. The summed E-state index contributed by atoms with van der Waals surface area (Å²) >= 11 is 0. The molecular formula is C14H20N2O. The van der Waals surface area contributed by atoms with Gasteiger partial charge in [0.25, 0.3) is 5.91 Å². The molecule has 3 nitrogen and oxygen atoms in total. The van der Waals surface area contributed by atoms with E-state index < -0.39 is 0 Å². The average molecular weight is 232 g/mol. The third kappa shape index (κ3) is 2.99. The van der Waals surface area contributed by atoms with Gasteiger partial charge in [0.05, 0.1) is 0 Å². The third-order valence-electron chi connectivity index (χ3n) is 3.66. The summed E-state index contributed by atoms with van der Waals surface area (Å²) in [5.41, 5.74) is 7.25. The van der Waals surface area contributed by atoms with Gasteiger partial charge in [-0.2, -0.15) is 0 Å². The molecule has 1 aliphatic rings. The van der Waals surface area contributed by atoms with E-state index in [4.69, 9.17) is 5.73 Å². The maximum absolute atomic E-state index is 11.9. The van der Waals surface area contributed by atoms with Crippen molar-refractivity contribution in [2.45, 2.75) is 32.6 Å². The summed E-state index contributed by atoms with van der Waals surface area (Å²) in [4.78, 5) is 11.9. The average Bonchev–Trinajstić information content (AvgIpc) is 2.75. The number of hydrogen-bond donors (Lipinski definition) is 2. The van der Waals surface area contributed by atoms with E-state index in [9.17, 15) is 4.79 Å². The second-order valence-corrected chi connectivity index (χ2v) is 5.32. The number of benzene rings is 1. The molecule has 0 bridgehead atoms. The van der Waals surface area contributed by atoms with Gasteiger partial charge in [0.2, 0.25) is 0 Å². The maximum atomic E-state index is 11.9. The van der Waals surface area contributed by atoms with Gasteiger partial charge in [0.1, 0.15) is 0 Å². The molecule has 0 saturated heterocycles. The Balaban J connectivity index is 1.91. The van der Waals surface area contributed by atoms with Gasteiger partial charge in [-0.1, -0.05) is 19.8 Å². The molecule has 17 heavy (non-hydrogen) atoms. The molecule has 0 atom stereocenters. The lowest BCUT2D eigenvalue weighted by Gasteiger charge is -2.23. The fraction of sp³-hybridized carbons (Fsp3) is 0.500. The van der Waals surface area contributed by atoms with Crippen molar-refractivity contribution in [2.24, 2.45) is 5.41 Å².